The third kappa shape index (κ3) is 5.73. The normalized spacial score (nSPS) is 13.7. The molecule has 2 aliphatic heterocycles. The average molecular weight is 846 g/mol. The summed E-state index contributed by atoms with van der Waals surface area (Å²) in [5, 5.41) is 15.9. The molecule has 10 aromatic rings. The summed E-state index contributed by atoms with van der Waals surface area (Å²) in [6.45, 7) is 0. The minimum atomic E-state index is -2.91. The largest absolute Gasteiger partial charge is 0.309 e. The standard InChI is InChI=1S/C59H39N5Si/c60-40-41-37-38-51(46(39-41)58-62-56(42-21-5-1-6-22-42)61-57(63-58)43-23-7-2-8-24-43)64-52-33-17-13-29-47(52)59(48-30-14-18-34-53(48)64)49-31-15-19-35-54(49)65(44-25-9-3-10-26-44,45-27-11-4-12-28-45)55-36-20-16-32-50(55)59/h1-39H. The van der Waals surface area contributed by atoms with Crippen LogP contribution in [0.1, 0.15) is 27.8 Å². The van der Waals surface area contributed by atoms with Crippen LogP contribution in [0, 0.1) is 11.3 Å². The van der Waals surface area contributed by atoms with Crippen molar-refractivity contribution in [2.45, 2.75) is 5.41 Å². The molecule has 12 rings (SSSR count). The molecule has 0 bridgehead atoms. The van der Waals surface area contributed by atoms with Gasteiger partial charge in [-0.15, -0.1) is 0 Å². The molecule has 65 heavy (non-hydrogen) atoms. The molecular weight excluding hydrogens is 807 g/mol. The lowest BCUT2D eigenvalue weighted by molar-refractivity contribution is 0.736. The van der Waals surface area contributed by atoms with Crippen molar-refractivity contribution in [1.29, 1.82) is 5.26 Å². The zero-order valence-electron chi connectivity index (χ0n) is 35.3. The fraction of sp³-hybridized carbons (Fsp3) is 0.0169. The first-order valence-corrected chi connectivity index (χ1v) is 23.9. The fourth-order valence-electron chi connectivity index (χ4n) is 10.7. The molecule has 1 aromatic heterocycles. The van der Waals surface area contributed by atoms with Crippen molar-refractivity contribution >= 4 is 45.9 Å². The van der Waals surface area contributed by atoms with Crippen molar-refractivity contribution in [3.63, 3.8) is 0 Å². The predicted molar refractivity (Wildman–Crippen MR) is 265 cm³/mol. The van der Waals surface area contributed by atoms with E-state index in [2.05, 4.69) is 175 Å². The highest BCUT2D eigenvalue weighted by Crippen LogP contribution is 2.59. The van der Waals surface area contributed by atoms with Gasteiger partial charge < -0.3 is 4.90 Å². The summed E-state index contributed by atoms with van der Waals surface area (Å²) >= 11 is 0. The predicted octanol–water partition coefficient (Wildman–Crippen LogP) is 10.6. The van der Waals surface area contributed by atoms with E-state index in [1.54, 1.807) is 0 Å². The molecule has 9 aromatic carbocycles. The van der Waals surface area contributed by atoms with E-state index in [0.29, 0.717) is 23.0 Å². The third-order valence-corrected chi connectivity index (χ3v) is 18.2. The van der Waals surface area contributed by atoms with Crippen LogP contribution in [0.5, 0.6) is 0 Å². The summed E-state index contributed by atoms with van der Waals surface area (Å²) in [7, 11) is -2.91. The first-order chi connectivity index (χ1) is 32.2. The number of aromatic nitrogens is 3. The van der Waals surface area contributed by atoms with Gasteiger partial charge in [-0.05, 0) is 73.3 Å². The van der Waals surface area contributed by atoms with E-state index in [-0.39, 0.29) is 0 Å². The van der Waals surface area contributed by atoms with Gasteiger partial charge in [0.25, 0.3) is 0 Å². The molecular formula is C59H39N5Si. The van der Waals surface area contributed by atoms with Crippen LogP contribution in [0.4, 0.5) is 17.1 Å². The minimum absolute atomic E-state index is 0.481. The Morgan fingerprint density at radius 3 is 1.26 bits per heavy atom. The Kier molecular flexibility index (Phi) is 9.04. The molecule has 5 nitrogen and oxygen atoms in total. The summed E-state index contributed by atoms with van der Waals surface area (Å²) in [6, 6.07) is 86.9. The van der Waals surface area contributed by atoms with Gasteiger partial charge >= 0.3 is 0 Å². The van der Waals surface area contributed by atoms with Crippen LogP contribution in [0.25, 0.3) is 34.2 Å². The van der Waals surface area contributed by atoms with Crippen LogP contribution in [-0.2, 0) is 5.41 Å². The van der Waals surface area contributed by atoms with Crippen LogP contribution < -0.4 is 25.6 Å². The Morgan fingerprint density at radius 2 is 0.785 bits per heavy atom. The van der Waals surface area contributed by atoms with Crippen LogP contribution in [-0.4, -0.2) is 23.0 Å². The zero-order chi connectivity index (χ0) is 43.4. The molecule has 0 atom stereocenters. The number of hydrogen-bond donors (Lipinski definition) is 0. The molecule has 0 aliphatic carbocycles. The number of nitriles is 1. The summed E-state index contributed by atoms with van der Waals surface area (Å²) in [5.41, 5.74) is 10.1. The maximum absolute atomic E-state index is 10.4. The summed E-state index contributed by atoms with van der Waals surface area (Å²) < 4.78 is 0. The molecule has 0 radical (unpaired) electrons. The molecule has 0 saturated carbocycles. The van der Waals surface area contributed by atoms with Gasteiger partial charge in [-0.3, -0.25) is 0 Å². The van der Waals surface area contributed by atoms with Gasteiger partial charge in [0.15, 0.2) is 25.5 Å². The van der Waals surface area contributed by atoms with Gasteiger partial charge in [0.1, 0.15) is 0 Å². The summed E-state index contributed by atoms with van der Waals surface area (Å²) in [5.74, 6) is 1.59. The first kappa shape index (κ1) is 38.2. The lowest BCUT2D eigenvalue weighted by atomic mass is 9.62. The topological polar surface area (TPSA) is 65.7 Å². The Labute approximate surface area is 379 Å². The number of hydrogen-bond acceptors (Lipinski definition) is 5. The van der Waals surface area contributed by atoms with Crippen LogP contribution >= 0.6 is 0 Å². The Hall–Kier alpha value is -8.50. The van der Waals surface area contributed by atoms with E-state index in [4.69, 9.17) is 15.0 Å². The van der Waals surface area contributed by atoms with Crippen LogP contribution in [0.3, 0.4) is 0 Å². The minimum Gasteiger partial charge on any atom is -0.309 e. The zero-order valence-corrected chi connectivity index (χ0v) is 36.3. The molecule has 0 amide bonds. The molecule has 0 N–H and O–H groups in total. The van der Waals surface area contributed by atoms with Crippen LogP contribution in [0.15, 0.2) is 237 Å². The number of para-hydroxylation sites is 2. The van der Waals surface area contributed by atoms with Gasteiger partial charge in [0.05, 0.1) is 34.1 Å². The lowest BCUT2D eigenvalue weighted by Gasteiger charge is -2.53. The molecule has 0 unspecified atom stereocenters. The monoisotopic (exact) mass is 845 g/mol. The quantitative estimate of drug-likeness (QED) is 0.156. The van der Waals surface area contributed by atoms with Crippen molar-refractivity contribution in [2.75, 3.05) is 4.90 Å². The third-order valence-electron chi connectivity index (χ3n) is 13.3. The molecule has 2 aliphatic rings. The van der Waals surface area contributed by atoms with Gasteiger partial charge in [0, 0.05) is 16.7 Å². The van der Waals surface area contributed by atoms with Gasteiger partial charge in [0.2, 0.25) is 0 Å². The Balaban J connectivity index is 1.16. The Morgan fingerprint density at radius 1 is 0.385 bits per heavy atom. The van der Waals surface area contributed by atoms with Crippen molar-refractivity contribution in [2.24, 2.45) is 0 Å². The smallest absolute Gasteiger partial charge is 0.180 e. The molecule has 1 spiro atoms. The second kappa shape index (κ2) is 15.4. The fourth-order valence-corrected chi connectivity index (χ4v) is 16.0. The molecule has 6 heteroatoms. The average Bonchev–Trinajstić information content (AvgIpc) is 3.39. The van der Waals surface area contributed by atoms with Gasteiger partial charge in [-0.25, -0.2) is 15.0 Å². The lowest BCUT2D eigenvalue weighted by Crippen LogP contribution is -2.79. The highest BCUT2D eigenvalue weighted by Gasteiger charge is 2.57. The maximum Gasteiger partial charge on any atom is 0.180 e. The van der Waals surface area contributed by atoms with Crippen molar-refractivity contribution < 1.29 is 0 Å². The number of rotatable bonds is 6. The van der Waals surface area contributed by atoms with E-state index >= 15 is 0 Å². The van der Waals surface area contributed by atoms with Crippen molar-refractivity contribution in [3.05, 3.63) is 264 Å². The molecule has 304 valence electrons. The number of fused-ring (bicyclic) bond motifs is 8. The second-order valence-electron chi connectivity index (χ2n) is 16.6. The van der Waals surface area contributed by atoms with E-state index in [0.717, 1.165) is 33.8 Å². The number of nitrogens with zero attached hydrogens (tertiary/aromatic N) is 5. The second-order valence-corrected chi connectivity index (χ2v) is 20.3. The first-order valence-electron chi connectivity index (χ1n) is 21.9. The van der Waals surface area contributed by atoms with Crippen LogP contribution in [0.2, 0.25) is 0 Å². The van der Waals surface area contributed by atoms with E-state index in [1.807, 2.05) is 72.8 Å². The van der Waals surface area contributed by atoms with E-state index < -0.39 is 13.5 Å². The Bertz CT molecular complexity index is 3260. The van der Waals surface area contributed by atoms with Gasteiger partial charge in [-0.2, -0.15) is 5.26 Å². The van der Waals surface area contributed by atoms with Crippen molar-refractivity contribution in [1.82, 2.24) is 15.0 Å². The summed E-state index contributed by atoms with van der Waals surface area (Å²) in [6.07, 6.45) is 0. The molecule has 0 saturated heterocycles. The van der Waals surface area contributed by atoms with Gasteiger partial charge in [-0.1, -0.05) is 206 Å². The molecule has 3 heterocycles. The highest BCUT2D eigenvalue weighted by atomic mass is 28.3. The number of benzene rings is 9. The number of anilines is 3. The highest BCUT2D eigenvalue weighted by molar-refractivity contribution is 7.20. The molecule has 0 fully saturated rings. The van der Waals surface area contributed by atoms with E-state index in [1.165, 1.54) is 43.0 Å². The summed E-state index contributed by atoms with van der Waals surface area (Å²) in [4.78, 5) is 17.8. The SMILES string of the molecule is N#Cc1ccc(N2c3ccccc3C3(c4ccccc42)c2ccccc2[Si](c2ccccc2)(c2ccccc2)c2ccccc23)c(-c2nc(-c3ccccc3)nc(-c3ccccc3)n2)c1. The van der Waals surface area contributed by atoms with Crippen molar-refractivity contribution in [3.8, 4) is 40.2 Å². The van der Waals surface area contributed by atoms with E-state index in [9.17, 15) is 5.26 Å². The maximum atomic E-state index is 10.4.